The maximum absolute atomic E-state index is 11.2. The van der Waals surface area contributed by atoms with E-state index in [0.717, 1.165) is 17.1 Å². The molecule has 2 heterocycles. The molecule has 0 saturated carbocycles. The van der Waals surface area contributed by atoms with Crippen molar-refractivity contribution in [1.82, 2.24) is 9.97 Å². The van der Waals surface area contributed by atoms with Crippen molar-refractivity contribution in [3.05, 3.63) is 40.0 Å². The third-order valence-corrected chi connectivity index (χ3v) is 3.81. The van der Waals surface area contributed by atoms with Crippen LogP contribution >= 0.6 is 11.3 Å². The van der Waals surface area contributed by atoms with Gasteiger partial charge in [0, 0.05) is 35.7 Å². The Labute approximate surface area is 128 Å². The van der Waals surface area contributed by atoms with Gasteiger partial charge in [0.15, 0.2) is 0 Å². The molecule has 112 valence electrons. The van der Waals surface area contributed by atoms with E-state index in [0.29, 0.717) is 12.4 Å². The Morgan fingerprint density at radius 1 is 1.38 bits per heavy atom. The summed E-state index contributed by atoms with van der Waals surface area (Å²) in [6.45, 7) is 6.72. The molecule has 2 aromatic rings. The Morgan fingerprint density at radius 2 is 2.14 bits per heavy atom. The maximum atomic E-state index is 11.2. The fourth-order valence-electron chi connectivity index (χ4n) is 1.80. The van der Waals surface area contributed by atoms with E-state index in [-0.39, 0.29) is 11.0 Å². The third kappa shape index (κ3) is 4.26. The van der Waals surface area contributed by atoms with Gasteiger partial charge in [-0.1, -0.05) is 20.8 Å². The zero-order valence-corrected chi connectivity index (χ0v) is 13.2. The summed E-state index contributed by atoms with van der Waals surface area (Å²) in [5, 5.41) is 15.4. The third-order valence-electron chi connectivity index (χ3n) is 2.97. The Bertz CT molecular complexity index is 618. The summed E-state index contributed by atoms with van der Waals surface area (Å²) in [4.78, 5) is 20.0. The van der Waals surface area contributed by atoms with Crippen LogP contribution in [0.25, 0.3) is 0 Å². The van der Waals surface area contributed by atoms with E-state index in [9.17, 15) is 9.90 Å². The molecule has 0 aliphatic heterocycles. The number of aromatic nitrogens is 2. The highest BCUT2D eigenvalue weighted by Crippen LogP contribution is 2.23. The molecule has 2 N–H and O–H groups in total. The van der Waals surface area contributed by atoms with Crippen LogP contribution in [0.15, 0.2) is 23.7 Å². The first kappa shape index (κ1) is 15.4. The number of pyridine rings is 1. The molecule has 21 heavy (non-hydrogen) atoms. The van der Waals surface area contributed by atoms with Gasteiger partial charge in [0.2, 0.25) is 0 Å². The quantitative estimate of drug-likeness (QED) is 0.887. The Hall–Kier alpha value is -1.95. The van der Waals surface area contributed by atoms with Crippen molar-refractivity contribution in [2.45, 2.75) is 32.6 Å². The van der Waals surface area contributed by atoms with E-state index in [1.165, 1.54) is 0 Å². The highest BCUT2D eigenvalue weighted by molar-refractivity contribution is 7.09. The van der Waals surface area contributed by atoms with E-state index in [4.69, 9.17) is 0 Å². The molecule has 0 bridgehead atoms. The predicted octanol–water partition coefficient (Wildman–Crippen LogP) is 3.19. The van der Waals surface area contributed by atoms with Gasteiger partial charge >= 0.3 is 5.97 Å². The molecule has 2 aromatic heterocycles. The first-order valence-electron chi connectivity index (χ1n) is 6.74. The van der Waals surface area contributed by atoms with Crippen LogP contribution in [0.3, 0.4) is 0 Å². The summed E-state index contributed by atoms with van der Waals surface area (Å²) in [6, 6.07) is 3.20. The van der Waals surface area contributed by atoms with Crippen molar-refractivity contribution in [2.75, 3.05) is 11.9 Å². The fraction of sp³-hybridized carbons (Fsp3) is 0.400. The second-order valence-corrected chi connectivity index (χ2v) is 6.76. The molecule has 0 aromatic carbocycles. The topological polar surface area (TPSA) is 75.1 Å². The van der Waals surface area contributed by atoms with Crippen LogP contribution in [0.4, 0.5) is 5.82 Å². The van der Waals surface area contributed by atoms with Crippen molar-refractivity contribution in [3.8, 4) is 0 Å². The van der Waals surface area contributed by atoms with Crippen molar-refractivity contribution >= 4 is 23.1 Å². The van der Waals surface area contributed by atoms with Crippen LogP contribution in [0.5, 0.6) is 0 Å². The number of carboxylic acid groups (broad SMARTS) is 1. The lowest BCUT2D eigenvalue weighted by Gasteiger charge is -2.19. The summed E-state index contributed by atoms with van der Waals surface area (Å²) >= 11 is 1.61. The van der Waals surface area contributed by atoms with E-state index in [1.807, 2.05) is 26.2 Å². The summed E-state index contributed by atoms with van der Waals surface area (Å²) < 4.78 is 0. The predicted molar refractivity (Wildman–Crippen MR) is 84.2 cm³/mol. The molecule has 0 amide bonds. The van der Waals surface area contributed by atoms with E-state index < -0.39 is 5.97 Å². The lowest BCUT2D eigenvalue weighted by Crippen LogP contribution is -2.17. The molecule has 5 nitrogen and oxygen atoms in total. The van der Waals surface area contributed by atoms with Crippen LogP contribution in [-0.2, 0) is 11.8 Å². The number of rotatable bonds is 5. The normalized spacial score (nSPS) is 11.4. The number of nitrogens with one attached hydrogen (secondary N) is 1. The highest BCUT2D eigenvalue weighted by atomic mass is 32.1. The molecule has 0 spiro atoms. The molecule has 0 atom stereocenters. The largest absolute Gasteiger partial charge is 0.478 e. The van der Waals surface area contributed by atoms with Crippen LogP contribution in [0.1, 0.15) is 41.8 Å². The van der Waals surface area contributed by atoms with Crippen LogP contribution in [0.2, 0.25) is 0 Å². The van der Waals surface area contributed by atoms with Gasteiger partial charge in [-0.25, -0.2) is 14.8 Å². The number of nitrogens with zero attached hydrogens (tertiary/aromatic N) is 2. The van der Waals surface area contributed by atoms with Gasteiger partial charge < -0.3 is 10.4 Å². The van der Waals surface area contributed by atoms with Gasteiger partial charge in [-0.05, 0) is 12.1 Å². The average Bonchev–Trinajstić information content (AvgIpc) is 2.90. The minimum atomic E-state index is -0.939. The van der Waals surface area contributed by atoms with Gasteiger partial charge in [0.25, 0.3) is 0 Å². The maximum Gasteiger partial charge on any atom is 0.335 e. The molecule has 0 unspecified atom stereocenters. The van der Waals surface area contributed by atoms with E-state index >= 15 is 0 Å². The zero-order valence-electron chi connectivity index (χ0n) is 12.4. The van der Waals surface area contributed by atoms with Gasteiger partial charge in [0.1, 0.15) is 5.82 Å². The van der Waals surface area contributed by atoms with Gasteiger partial charge in [-0.15, -0.1) is 11.3 Å². The molecule has 0 saturated heterocycles. The minimum Gasteiger partial charge on any atom is -0.478 e. The monoisotopic (exact) mass is 305 g/mol. The average molecular weight is 305 g/mol. The van der Waals surface area contributed by atoms with Crippen LogP contribution < -0.4 is 5.32 Å². The van der Waals surface area contributed by atoms with Crippen molar-refractivity contribution < 1.29 is 9.90 Å². The first-order valence-corrected chi connectivity index (χ1v) is 7.62. The summed E-state index contributed by atoms with van der Waals surface area (Å²) in [5.41, 5.74) is 0.822. The molecule has 0 aliphatic rings. The molecule has 0 fully saturated rings. The van der Waals surface area contributed by atoms with E-state index in [2.05, 4.69) is 15.3 Å². The zero-order chi connectivity index (χ0) is 15.5. The Kier molecular flexibility index (Phi) is 4.57. The number of thiazole rings is 1. The molecule has 2 rings (SSSR count). The first-order chi connectivity index (χ1) is 9.86. The summed E-state index contributed by atoms with van der Waals surface area (Å²) in [7, 11) is 0. The van der Waals surface area contributed by atoms with Crippen LogP contribution in [0, 0.1) is 0 Å². The molecule has 6 heteroatoms. The number of carboxylic acids is 1. The van der Waals surface area contributed by atoms with Crippen molar-refractivity contribution in [2.24, 2.45) is 0 Å². The number of hydrogen-bond acceptors (Lipinski definition) is 5. The lowest BCUT2D eigenvalue weighted by atomic mass is 9.91. The summed E-state index contributed by atoms with van der Waals surface area (Å²) in [5.74, 6) is -0.345. The minimum absolute atomic E-state index is 0.197. The van der Waals surface area contributed by atoms with Crippen LogP contribution in [-0.4, -0.2) is 27.6 Å². The Balaban J connectivity index is 2.14. The van der Waals surface area contributed by atoms with E-state index in [1.54, 1.807) is 29.7 Å². The molecular formula is C15H19N3O2S. The highest BCUT2D eigenvalue weighted by Gasteiger charge is 2.19. The molecular weight excluding hydrogens is 286 g/mol. The molecule has 0 radical (unpaired) electrons. The van der Waals surface area contributed by atoms with Crippen molar-refractivity contribution in [1.29, 1.82) is 0 Å². The molecule has 0 aliphatic carbocycles. The SMILES string of the molecule is CC(C)(C)c1cc(C(=O)O)cc(NCCc2nccs2)n1. The number of aromatic carboxylic acids is 1. The number of carbonyl (C=O) groups is 1. The standard InChI is InChI=1S/C15H19N3O2S/c1-15(2,3)11-8-10(14(19)20)9-12(18-11)16-5-4-13-17-6-7-21-13/h6-9H,4-5H2,1-3H3,(H,16,18)(H,19,20). The lowest BCUT2D eigenvalue weighted by molar-refractivity contribution is 0.0696. The summed E-state index contributed by atoms with van der Waals surface area (Å²) in [6.07, 6.45) is 2.57. The van der Waals surface area contributed by atoms with Gasteiger partial charge in [0.05, 0.1) is 10.6 Å². The van der Waals surface area contributed by atoms with Crippen molar-refractivity contribution in [3.63, 3.8) is 0 Å². The van der Waals surface area contributed by atoms with Gasteiger partial charge in [-0.2, -0.15) is 0 Å². The smallest absolute Gasteiger partial charge is 0.335 e. The fourth-order valence-corrected chi connectivity index (χ4v) is 2.42. The Morgan fingerprint density at radius 3 is 2.71 bits per heavy atom. The number of anilines is 1. The second-order valence-electron chi connectivity index (χ2n) is 5.78. The number of hydrogen-bond donors (Lipinski definition) is 2. The second kappa shape index (κ2) is 6.22. The van der Waals surface area contributed by atoms with Gasteiger partial charge in [-0.3, -0.25) is 0 Å².